The van der Waals surface area contributed by atoms with Crippen molar-refractivity contribution in [1.29, 1.82) is 0 Å². The lowest BCUT2D eigenvalue weighted by atomic mass is 10.1. The van der Waals surface area contributed by atoms with Gasteiger partial charge in [-0.1, -0.05) is 0 Å². The number of carboxylic acids is 3. The van der Waals surface area contributed by atoms with Gasteiger partial charge in [0.2, 0.25) is 5.91 Å². The molecule has 2 unspecified atom stereocenters. The lowest BCUT2D eigenvalue weighted by molar-refractivity contribution is -0.140. The predicted molar refractivity (Wildman–Crippen MR) is 83.9 cm³/mol. The molecule has 2 atom stereocenters. The molecule has 25 heavy (non-hydrogen) atoms. The molecule has 0 heterocycles. The summed E-state index contributed by atoms with van der Waals surface area (Å²) in [5.74, 6) is -4.12. The smallest absolute Gasteiger partial charge is 0.326 e. The van der Waals surface area contributed by atoms with Crippen LogP contribution >= 0.6 is 0 Å². The van der Waals surface area contributed by atoms with E-state index in [0.29, 0.717) is 19.4 Å². The maximum Gasteiger partial charge on any atom is 0.326 e. The maximum absolute atomic E-state index is 11.7. The van der Waals surface area contributed by atoms with Crippen molar-refractivity contribution < 1.29 is 39.3 Å². The van der Waals surface area contributed by atoms with Gasteiger partial charge in [0.05, 0.1) is 0 Å². The van der Waals surface area contributed by atoms with E-state index in [2.05, 4.69) is 10.6 Å². The Labute approximate surface area is 143 Å². The minimum Gasteiger partial charge on any atom is -0.481 e. The largest absolute Gasteiger partial charge is 0.481 e. The number of hydrogen-bond acceptors (Lipinski definition) is 5. The van der Waals surface area contributed by atoms with E-state index in [-0.39, 0.29) is 18.7 Å². The second kappa shape index (κ2) is 11.6. The summed E-state index contributed by atoms with van der Waals surface area (Å²) < 4.78 is 0. The fraction of sp³-hybridized carbons (Fsp3) is 0.643. The molecule has 0 saturated heterocycles. The maximum atomic E-state index is 11.7. The monoisotopic (exact) mass is 361 g/mol. The lowest BCUT2D eigenvalue weighted by Crippen LogP contribution is -2.51. The minimum absolute atomic E-state index is 0.0925. The summed E-state index contributed by atoms with van der Waals surface area (Å²) in [5.41, 5.74) is 0. The van der Waals surface area contributed by atoms with E-state index in [1.165, 1.54) is 6.92 Å². The molecule has 6 N–H and O–H groups in total. The van der Waals surface area contributed by atoms with E-state index in [0.717, 1.165) is 0 Å². The van der Waals surface area contributed by atoms with Gasteiger partial charge in [0, 0.05) is 19.9 Å². The van der Waals surface area contributed by atoms with Crippen LogP contribution in [0.1, 0.15) is 39.0 Å². The Kier molecular flexibility index (Phi) is 10.3. The van der Waals surface area contributed by atoms with E-state index in [9.17, 15) is 24.0 Å². The van der Waals surface area contributed by atoms with Crippen LogP contribution in [0.25, 0.3) is 0 Å². The van der Waals surface area contributed by atoms with E-state index in [1.54, 1.807) is 0 Å². The quantitative estimate of drug-likeness (QED) is 0.248. The van der Waals surface area contributed by atoms with Crippen molar-refractivity contribution in [2.45, 2.75) is 51.1 Å². The summed E-state index contributed by atoms with van der Waals surface area (Å²) in [6, 6.07) is -3.68. The Morgan fingerprint density at radius 3 is 1.80 bits per heavy atom. The van der Waals surface area contributed by atoms with Gasteiger partial charge in [0.25, 0.3) is 0 Å². The molecule has 0 aromatic rings. The molecule has 0 saturated carbocycles. The third-order valence-electron chi connectivity index (χ3n) is 3.15. The summed E-state index contributed by atoms with van der Waals surface area (Å²) in [6.45, 7) is 1.74. The molecule has 11 nitrogen and oxygen atoms in total. The summed E-state index contributed by atoms with van der Waals surface area (Å²) in [5, 5.41) is 33.3. The molecule has 0 bridgehead atoms. The van der Waals surface area contributed by atoms with Gasteiger partial charge in [-0.05, 0) is 25.7 Å². The zero-order valence-corrected chi connectivity index (χ0v) is 13.8. The van der Waals surface area contributed by atoms with E-state index in [4.69, 9.17) is 15.3 Å². The second-order valence-electron chi connectivity index (χ2n) is 5.31. The minimum atomic E-state index is -1.44. The molecular formula is C14H23N3O8. The molecule has 0 aromatic heterocycles. The highest BCUT2D eigenvalue weighted by Crippen LogP contribution is 2.02. The average Bonchev–Trinajstić information content (AvgIpc) is 2.48. The Morgan fingerprint density at radius 2 is 1.36 bits per heavy atom. The van der Waals surface area contributed by atoms with Crippen LogP contribution in [0.3, 0.4) is 0 Å². The highest BCUT2D eigenvalue weighted by atomic mass is 16.4. The van der Waals surface area contributed by atoms with Crippen molar-refractivity contribution in [3.8, 4) is 0 Å². The van der Waals surface area contributed by atoms with Crippen LogP contribution in [0.15, 0.2) is 0 Å². The van der Waals surface area contributed by atoms with Crippen molar-refractivity contribution >= 4 is 29.8 Å². The molecule has 0 fully saturated rings. The zero-order chi connectivity index (χ0) is 19.4. The predicted octanol–water partition coefficient (Wildman–Crippen LogP) is -0.637. The van der Waals surface area contributed by atoms with Crippen LogP contribution in [0.2, 0.25) is 0 Å². The fourth-order valence-electron chi connectivity index (χ4n) is 1.88. The van der Waals surface area contributed by atoms with Gasteiger partial charge in [0.1, 0.15) is 12.1 Å². The van der Waals surface area contributed by atoms with Gasteiger partial charge in [-0.2, -0.15) is 0 Å². The highest BCUT2D eigenvalue weighted by Gasteiger charge is 2.24. The lowest BCUT2D eigenvalue weighted by Gasteiger charge is -2.18. The van der Waals surface area contributed by atoms with Crippen molar-refractivity contribution in [3.05, 3.63) is 0 Å². The van der Waals surface area contributed by atoms with Gasteiger partial charge in [-0.25, -0.2) is 14.4 Å². The van der Waals surface area contributed by atoms with E-state index in [1.807, 2.05) is 5.32 Å². The number of unbranched alkanes of at least 4 members (excludes halogenated alkanes) is 1. The number of hydrogen-bond donors (Lipinski definition) is 6. The first-order valence-corrected chi connectivity index (χ1v) is 7.62. The van der Waals surface area contributed by atoms with Gasteiger partial charge >= 0.3 is 23.9 Å². The number of aliphatic carboxylic acids is 3. The first-order valence-electron chi connectivity index (χ1n) is 7.62. The van der Waals surface area contributed by atoms with Gasteiger partial charge in [-0.3, -0.25) is 9.59 Å². The third kappa shape index (κ3) is 11.3. The molecule has 0 aliphatic heterocycles. The Hall–Kier alpha value is -2.85. The SMILES string of the molecule is CC(=O)NCCCCC(NC(=O)NC(CCC(=O)O)C(=O)O)C(=O)O. The van der Waals surface area contributed by atoms with E-state index < -0.39 is 42.4 Å². The molecular weight excluding hydrogens is 338 g/mol. The molecule has 142 valence electrons. The van der Waals surface area contributed by atoms with Crippen molar-refractivity contribution in [2.24, 2.45) is 0 Å². The number of urea groups is 1. The van der Waals surface area contributed by atoms with Crippen LogP contribution < -0.4 is 16.0 Å². The summed E-state index contributed by atoms with van der Waals surface area (Å²) >= 11 is 0. The first-order chi connectivity index (χ1) is 11.6. The number of carboxylic acid groups (broad SMARTS) is 3. The van der Waals surface area contributed by atoms with Gasteiger partial charge in [0.15, 0.2) is 0 Å². The standard InChI is InChI=1S/C14H23N3O8/c1-8(18)15-7-3-2-4-9(12(21)22)16-14(25)17-10(13(23)24)5-6-11(19)20/h9-10H,2-7H2,1H3,(H,15,18)(H,19,20)(H,21,22)(H,23,24)(H2,16,17,25). The van der Waals surface area contributed by atoms with Crippen molar-refractivity contribution in [1.82, 2.24) is 16.0 Å². The van der Waals surface area contributed by atoms with Gasteiger partial charge in [-0.15, -0.1) is 0 Å². The highest BCUT2D eigenvalue weighted by molar-refractivity contribution is 5.86. The number of rotatable bonds is 12. The molecule has 0 aliphatic carbocycles. The number of nitrogens with one attached hydrogen (secondary N) is 3. The fourth-order valence-corrected chi connectivity index (χ4v) is 1.88. The molecule has 0 aliphatic rings. The Morgan fingerprint density at radius 1 is 0.840 bits per heavy atom. The summed E-state index contributed by atoms with van der Waals surface area (Å²) in [6.07, 6.45) is 0.242. The molecule has 0 radical (unpaired) electrons. The van der Waals surface area contributed by atoms with Crippen LogP contribution in [0.4, 0.5) is 4.79 Å². The van der Waals surface area contributed by atoms with Crippen LogP contribution in [-0.2, 0) is 19.2 Å². The van der Waals surface area contributed by atoms with Crippen LogP contribution in [0.5, 0.6) is 0 Å². The molecule has 3 amide bonds. The van der Waals surface area contributed by atoms with Crippen LogP contribution in [0, 0.1) is 0 Å². The van der Waals surface area contributed by atoms with E-state index >= 15 is 0 Å². The first kappa shape index (κ1) is 22.1. The summed E-state index contributed by atoms with van der Waals surface area (Å²) in [4.78, 5) is 55.0. The molecule has 0 aromatic carbocycles. The number of carbonyl (C=O) groups excluding carboxylic acids is 2. The van der Waals surface area contributed by atoms with Gasteiger partial charge < -0.3 is 31.3 Å². The Bertz CT molecular complexity index is 508. The number of amides is 3. The Balaban J connectivity index is 4.41. The number of carbonyl (C=O) groups is 5. The van der Waals surface area contributed by atoms with Crippen molar-refractivity contribution in [2.75, 3.05) is 6.54 Å². The molecule has 0 rings (SSSR count). The second-order valence-corrected chi connectivity index (χ2v) is 5.31. The van der Waals surface area contributed by atoms with Crippen LogP contribution in [-0.4, -0.2) is 63.8 Å². The molecule has 11 heteroatoms. The topological polar surface area (TPSA) is 182 Å². The normalized spacial score (nSPS) is 12.5. The molecule has 0 spiro atoms. The van der Waals surface area contributed by atoms with Crippen molar-refractivity contribution in [3.63, 3.8) is 0 Å². The zero-order valence-electron chi connectivity index (χ0n) is 13.8. The average molecular weight is 361 g/mol. The third-order valence-corrected chi connectivity index (χ3v) is 3.15. The summed E-state index contributed by atoms with van der Waals surface area (Å²) in [7, 11) is 0.